The predicted molar refractivity (Wildman–Crippen MR) is 126 cm³/mol. The highest BCUT2D eigenvalue weighted by atomic mass is 35.5. The van der Waals surface area contributed by atoms with Gasteiger partial charge < -0.3 is 0 Å². The van der Waals surface area contributed by atoms with E-state index in [2.05, 4.69) is 0 Å². The molecule has 3 amide bonds. The molecular formula is C24H15Cl2N3O6. The molecule has 3 aromatic rings. The molecule has 4 rings (SSSR count). The standard InChI is InChI=1S/C24H15Cl2N3O6/c1-13(21(30)14-6-3-2-4-7-14)27(22(31)16-11-10-15(25)12-18(16)26)28-23(32)17-8-5-9-19(29(34)35)20(17)24(28)33/h2-13H,1H3/t13-/m1/s1. The zero-order valence-corrected chi connectivity index (χ0v) is 19.5. The fourth-order valence-electron chi connectivity index (χ4n) is 3.78. The number of rotatable bonds is 6. The van der Waals surface area contributed by atoms with Crippen LogP contribution in [-0.4, -0.2) is 44.5 Å². The minimum Gasteiger partial charge on any atom is -0.292 e. The minimum absolute atomic E-state index is 0.0746. The smallest absolute Gasteiger partial charge is 0.287 e. The molecule has 0 bridgehead atoms. The van der Waals surface area contributed by atoms with Crippen LogP contribution in [-0.2, 0) is 0 Å². The van der Waals surface area contributed by atoms with E-state index in [0.717, 1.165) is 6.07 Å². The first-order chi connectivity index (χ1) is 16.6. The molecule has 0 saturated carbocycles. The number of hydrogen-bond acceptors (Lipinski definition) is 6. The Morgan fingerprint density at radius 3 is 2.29 bits per heavy atom. The Balaban J connectivity index is 1.86. The van der Waals surface area contributed by atoms with Gasteiger partial charge in [0.2, 0.25) is 0 Å². The van der Waals surface area contributed by atoms with Gasteiger partial charge >= 0.3 is 0 Å². The third-order valence-corrected chi connectivity index (χ3v) is 6.01. The van der Waals surface area contributed by atoms with Gasteiger partial charge in [-0.3, -0.25) is 29.3 Å². The zero-order chi connectivity index (χ0) is 25.4. The molecule has 1 aliphatic heterocycles. The fraction of sp³-hybridized carbons (Fsp3) is 0.0833. The average molecular weight is 512 g/mol. The Morgan fingerprint density at radius 1 is 0.971 bits per heavy atom. The Hall–Kier alpha value is -4.08. The number of nitrogens with zero attached hydrogens (tertiary/aromatic N) is 3. The largest absolute Gasteiger partial charge is 0.292 e. The van der Waals surface area contributed by atoms with Gasteiger partial charge in [0.05, 0.1) is 21.1 Å². The van der Waals surface area contributed by atoms with Gasteiger partial charge in [0.25, 0.3) is 23.4 Å². The quantitative estimate of drug-likeness (QED) is 0.202. The normalized spacial score (nSPS) is 13.4. The van der Waals surface area contributed by atoms with Crippen LogP contribution in [0.15, 0.2) is 66.7 Å². The van der Waals surface area contributed by atoms with Gasteiger partial charge in [-0.1, -0.05) is 59.6 Å². The second-order valence-corrected chi connectivity index (χ2v) is 8.40. The molecule has 0 unspecified atom stereocenters. The third-order valence-electron chi connectivity index (χ3n) is 5.46. The average Bonchev–Trinajstić information content (AvgIpc) is 3.09. The maximum absolute atomic E-state index is 13.7. The molecule has 1 aliphatic rings. The molecule has 0 spiro atoms. The van der Waals surface area contributed by atoms with Crippen LogP contribution < -0.4 is 0 Å². The SMILES string of the molecule is C[C@H](C(=O)c1ccccc1)N(C(=O)c1ccc(Cl)cc1Cl)N1C(=O)c2cccc([N+](=O)[O-])c2C1=O. The molecule has 9 nitrogen and oxygen atoms in total. The van der Waals surface area contributed by atoms with E-state index in [1.807, 2.05) is 0 Å². The van der Waals surface area contributed by atoms with Crippen LogP contribution in [0.25, 0.3) is 0 Å². The molecular weight excluding hydrogens is 497 g/mol. The summed E-state index contributed by atoms with van der Waals surface area (Å²) < 4.78 is 0. The number of nitro groups is 1. The van der Waals surface area contributed by atoms with E-state index >= 15 is 0 Å². The summed E-state index contributed by atoms with van der Waals surface area (Å²) in [5.74, 6) is -3.61. The Bertz CT molecular complexity index is 1410. The van der Waals surface area contributed by atoms with Crippen molar-refractivity contribution in [1.29, 1.82) is 0 Å². The van der Waals surface area contributed by atoms with Gasteiger partial charge in [-0.2, -0.15) is 5.01 Å². The van der Waals surface area contributed by atoms with Gasteiger partial charge in [-0.25, -0.2) is 5.01 Å². The van der Waals surface area contributed by atoms with Crippen molar-refractivity contribution in [3.8, 4) is 0 Å². The second kappa shape index (κ2) is 9.28. The van der Waals surface area contributed by atoms with Crippen LogP contribution in [0, 0.1) is 10.1 Å². The van der Waals surface area contributed by atoms with Crippen LogP contribution in [0.5, 0.6) is 0 Å². The van der Waals surface area contributed by atoms with Crippen LogP contribution >= 0.6 is 23.2 Å². The fourth-order valence-corrected chi connectivity index (χ4v) is 4.27. The summed E-state index contributed by atoms with van der Waals surface area (Å²) >= 11 is 12.1. The number of fused-ring (bicyclic) bond motifs is 1. The van der Waals surface area contributed by atoms with E-state index in [9.17, 15) is 29.3 Å². The predicted octanol–water partition coefficient (Wildman–Crippen LogP) is 4.83. The summed E-state index contributed by atoms with van der Waals surface area (Å²) in [4.78, 5) is 64.3. The van der Waals surface area contributed by atoms with E-state index in [-0.39, 0.29) is 26.7 Å². The summed E-state index contributed by atoms with van der Waals surface area (Å²) in [5, 5.41) is 12.8. The van der Waals surface area contributed by atoms with Crippen molar-refractivity contribution in [1.82, 2.24) is 10.0 Å². The van der Waals surface area contributed by atoms with Gasteiger partial charge in [-0.05, 0) is 31.2 Å². The molecule has 0 aliphatic carbocycles. The summed E-state index contributed by atoms with van der Waals surface area (Å²) in [7, 11) is 0. The third kappa shape index (κ3) is 4.16. The first kappa shape index (κ1) is 24.1. The van der Waals surface area contributed by atoms with Crippen LogP contribution in [0.2, 0.25) is 10.0 Å². The van der Waals surface area contributed by atoms with Crippen molar-refractivity contribution in [2.24, 2.45) is 0 Å². The van der Waals surface area contributed by atoms with E-state index in [1.54, 1.807) is 18.2 Å². The second-order valence-electron chi connectivity index (χ2n) is 7.56. The number of amides is 3. The number of hydrogen-bond donors (Lipinski definition) is 0. The van der Waals surface area contributed by atoms with E-state index in [1.165, 1.54) is 49.4 Å². The molecule has 176 valence electrons. The first-order valence-electron chi connectivity index (χ1n) is 10.2. The molecule has 0 aromatic heterocycles. The minimum atomic E-state index is -1.36. The molecule has 11 heteroatoms. The number of halogens is 2. The van der Waals surface area contributed by atoms with Crippen LogP contribution in [0.4, 0.5) is 5.69 Å². The molecule has 0 N–H and O–H groups in total. The maximum atomic E-state index is 13.7. The van der Waals surface area contributed by atoms with Crippen LogP contribution in [0.1, 0.15) is 48.4 Å². The van der Waals surface area contributed by atoms with Crippen molar-refractivity contribution in [2.75, 3.05) is 0 Å². The molecule has 0 saturated heterocycles. The van der Waals surface area contributed by atoms with Crippen molar-refractivity contribution in [2.45, 2.75) is 13.0 Å². The van der Waals surface area contributed by atoms with Crippen LogP contribution in [0.3, 0.4) is 0 Å². The van der Waals surface area contributed by atoms with E-state index in [4.69, 9.17) is 23.2 Å². The number of benzene rings is 3. The van der Waals surface area contributed by atoms with E-state index < -0.39 is 45.7 Å². The lowest BCUT2D eigenvalue weighted by atomic mass is 10.0. The number of carbonyl (C=O) groups excluding carboxylic acids is 4. The van der Waals surface area contributed by atoms with Crippen molar-refractivity contribution >= 4 is 52.4 Å². The lowest BCUT2D eigenvalue weighted by Gasteiger charge is -2.34. The molecule has 3 aromatic carbocycles. The molecule has 0 radical (unpaired) electrons. The van der Waals surface area contributed by atoms with E-state index in [0.29, 0.717) is 10.0 Å². The van der Waals surface area contributed by atoms with Gasteiger partial charge in [0.15, 0.2) is 5.78 Å². The molecule has 1 atom stereocenters. The maximum Gasteiger partial charge on any atom is 0.287 e. The lowest BCUT2D eigenvalue weighted by molar-refractivity contribution is -0.385. The van der Waals surface area contributed by atoms with Gasteiger partial charge in [-0.15, -0.1) is 0 Å². The van der Waals surface area contributed by atoms with Gasteiger partial charge in [0, 0.05) is 16.7 Å². The Labute approximate surface area is 208 Å². The molecule has 0 fully saturated rings. The van der Waals surface area contributed by atoms with Crippen molar-refractivity contribution < 1.29 is 24.1 Å². The number of carbonyl (C=O) groups is 4. The summed E-state index contributed by atoms with van der Waals surface area (Å²) in [6.45, 7) is 1.34. The number of imide groups is 1. The highest BCUT2D eigenvalue weighted by molar-refractivity contribution is 6.37. The van der Waals surface area contributed by atoms with Crippen molar-refractivity contribution in [3.63, 3.8) is 0 Å². The van der Waals surface area contributed by atoms with Gasteiger partial charge in [0.1, 0.15) is 11.6 Å². The first-order valence-corrected chi connectivity index (χ1v) is 10.9. The highest BCUT2D eigenvalue weighted by Crippen LogP contribution is 2.34. The summed E-state index contributed by atoms with van der Waals surface area (Å²) in [6, 6.07) is 14.2. The number of nitro benzene ring substituents is 1. The summed E-state index contributed by atoms with van der Waals surface area (Å²) in [6.07, 6.45) is 0. The molecule has 1 heterocycles. The monoisotopic (exact) mass is 511 g/mol. The Kier molecular flexibility index (Phi) is 6.38. The zero-order valence-electron chi connectivity index (χ0n) is 18.0. The number of Topliss-reactive ketones (excluding diaryl/α,β-unsaturated/α-hetero) is 1. The number of hydrazine groups is 1. The molecule has 35 heavy (non-hydrogen) atoms. The van der Waals surface area contributed by atoms with Crippen molar-refractivity contribution in [3.05, 3.63) is 109 Å². The number of ketones is 1. The highest BCUT2D eigenvalue weighted by Gasteiger charge is 2.48. The lowest BCUT2D eigenvalue weighted by Crippen LogP contribution is -2.56. The Morgan fingerprint density at radius 2 is 1.66 bits per heavy atom. The topological polar surface area (TPSA) is 118 Å². The summed E-state index contributed by atoms with van der Waals surface area (Å²) in [5.41, 5.74) is -1.23.